The van der Waals surface area contributed by atoms with Crippen LogP contribution in [-0.2, 0) is 19.1 Å². The molecule has 2 aromatic carbocycles. The van der Waals surface area contributed by atoms with E-state index in [-0.39, 0.29) is 36.5 Å². The molecule has 1 aliphatic heterocycles. The summed E-state index contributed by atoms with van der Waals surface area (Å²) in [4.78, 5) is 50.1. The van der Waals surface area contributed by atoms with E-state index in [2.05, 4.69) is 5.32 Å². The van der Waals surface area contributed by atoms with E-state index >= 15 is 0 Å². The third-order valence-corrected chi connectivity index (χ3v) is 5.69. The number of carbonyl (C=O) groups is 4. The highest BCUT2D eigenvalue weighted by atomic mass is 32.2. The standard InChI is InChI=1S/C22H22N2O5S/c1-3-29-22(28)15-6-10-17(11-7-15)24-20(26)12-18(21(24)27)30-13-19(25)23-16-8-4-14(2)5-9-16/h4-11,18H,3,12-13H2,1-2H3,(H,23,25)/t18-/m1/s1. The van der Waals surface area contributed by atoms with Gasteiger partial charge in [0.05, 0.1) is 28.9 Å². The van der Waals surface area contributed by atoms with Crippen LogP contribution in [-0.4, -0.2) is 41.3 Å². The Kier molecular flexibility index (Phi) is 6.89. The van der Waals surface area contributed by atoms with Crippen LogP contribution in [0.2, 0.25) is 0 Å². The largest absolute Gasteiger partial charge is 0.462 e. The number of thioether (sulfide) groups is 1. The van der Waals surface area contributed by atoms with Gasteiger partial charge in [-0.1, -0.05) is 17.7 Å². The molecule has 7 nitrogen and oxygen atoms in total. The highest BCUT2D eigenvalue weighted by Gasteiger charge is 2.40. The van der Waals surface area contributed by atoms with Gasteiger partial charge in [-0.25, -0.2) is 9.69 Å². The zero-order chi connectivity index (χ0) is 21.7. The summed E-state index contributed by atoms with van der Waals surface area (Å²) in [5.74, 6) is -1.33. The number of benzene rings is 2. The van der Waals surface area contributed by atoms with Crippen LogP contribution in [0.25, 0.3) is 0 Å². The predicted octanol–water partition coefficient (Wildman–Crippen LogP) is 3.18. The van der Waals surface area contributed by atoms with E-state index in [1.807, 2.05) is 31.2 Å². The topological polar surface area (TPSA) is 92.8 Å². The summed E-state index contributed by atoms with van der Waals surface area (Å²) in [6.07, 6.45) is 0.0287. The lowest BCUT2D eigenvalue weighted by Gasteiger charge is -2.15. The van der Waals surface area contributed by atoms with Gasteiger partial charge in [0.2, 0.25) is 17.7 Å². The third-order valence-electron chi connectivity index (χ3n) is 4.49. The molecular formula is C22H22N2O5S. The van der Waals surface area contributed by atoms with Crippen LogP contribution in [0, 0.1) is 6.92 Å². The van der Waals surface area contributed by atoms with Crippen molar-refractivity contribution in [3.8, 4) is 0 Å². The van der Waals surface area contributed by atoms with Gasteiger partial charge in [-0.2, -0.15) is 0 Å². The number of nitrogens with one attached hydrogen (secondary N) is 1. The maximum Gasteiger partial charge on any atom is 0.338 e. The predicted molar refractivity (Wildman–Crippen MR) is 116 cm³/mol. The van der Waals surface area contributed by atoms with Gasteiger partial charge >= 0.3 is 5.97 Å². The number of imide groups is 1. The van der Waals surface area contributed by atoms with Crippen LogP contribution in [0.1, 0.15) is 29.3 Å². The molecule has 0 radical (unpaired) electrons. The molecule has 3 rings (SSSR count). The summed E-state index contributed by atoms with van der Waals surface area (Å²) in [6.45, 7) is 3.94. The van der Waals surface area contributed by atoms with Gasteiger partial charge in [0, 0.05) is 12.1 Å². The first-order chi connectivity index (χ1) is 14.4. The monoisotopic (exact) mass is 426 g/mol. The minimum absolute atomic E-state index is 0.0287. The van der Waals surface area contributed by atoms with Crippen molar-refractivity contribution >= 4 is 46.8 Å². The number of amides is 3. The Hall–Kier alpha value is -3.13. The smallest absolute Gasteiger partial charge is 0.338 e. The fourth-order valence-corrected chi connectivity index (χ4v) is 3.91. The van der Waals surface area contributed by atoms with E-state index in [1.165, 1.54) is 12.1 Å². The second-order valence-corrected chi connectivity index (χ2v) is 7.94. The summed E-state index contributed by atoms with van der Waals surface area (Å²) >= 11 is 1.14. The Morgan fingerprint density at radius 1 is 1.10 bits per heavy atom. The van der Waals surface area contributed by atoms with Crippen molar-refractivity contribution in [2.45, 2.75) is 25.5 Å². The molecule has 3 amide bonds. The lowest BCUT2D eigenvalue weighted by atomic mass is 10.2. The Morgan fingerprint density at radius 3 is 2.40 bits per heavy atom. The van der Waals surface area contributed by atoms with E-state index in [1.54, 1.807) is 19.1 Å². The first kappa shape index (κ1) is 21.6. The van der Waals surface area contributed by atoms with Crippen LogP contribution < -0.4 is 10.2 Å². The number of rotatable bonds is 7. The second-order valence-electron chi connectivity index (χ2n) is 6.75. The molecule has 0 unspecified atom stereocenters. The molecule has 1 N–H and O–H groups in total. The third kappa shape index (κ3) is 5.07. The summed E-state index contributed by atoms with van der Waals surface area (Å²) in [7, 11) is 0. The SMILES string of the molecule is CCOC(=O)c1ccc(N2C(=O)C[C@@H](SCC(=O)Nc3ccc(C)cc3)C2=O)cc1. The number of anilines is 2. The van der Waals surface area contributed by atoms with Gasteiger partial charge in [0.1, 0.15) is 0 Å². The molecule has 2 aromatic rings. The van der Waals surface area contributed by atoms with Gasteiger partial charge in [-0.05, 0) is 50.2 Å². The zero-order valence-electron chi connectivity index (χ0n) is 16.7. The van der Waals surface area contributed by atoms with Gasteiger partial charge in [0.15, 0.2) is 0 Å². The number of carbonyl (C=O) groups excluding carboxylic acids is 4. The lowest BCUT2D eigenvalue weighted by Crippen LogP contribution is -2.31. The molecule has 0 aromatic heterocycles. The normalized spacial score (nSPS) is 15.9. The number of aryl methyl sites for hydroxylation is 1. The minimum Gasteiger partial charge on any atom is -0.462 e. The summed E-state index contributed by atoms with van der Waals surface area (Å²) in [5.41, 5.74) is 2.51. The van der Waals surface area contributed by atoms with Crippen LogP contribution >= 0.6 is 11.8 Å². The van der Waals surface area contributed by atoms with Gasteiger partial charge in [-0.3, -0.25) is 14.4 Å². The fourth-order valence-electron chi connectivity index (χ4n) is 2.98. The van der Waals surface area contributed by atoms with Crippen molar-refractivity contribution in [3.63, 3.8) is 0 Å². The highest BCUT2D eigenvalue weighted by Crippen LogP contribution is 2.30. The van der Waals surface area contributed by atoms with E-state index in [9.17, 15) is 19.2 Å². The van der Waals surface area contributed by atoms with E-state index in [4.69, 9.17) is 4.74 Å². The minimum atomic E-state index is -0.619. The van der Waals surface area contributed by atoms with Crippen molar-refractivity contribution < 1.29 is 23.9 Å². The van der Waals surface area contributed by atoms with Crippen molar-refractivity contribution in [1.29, 1.82) is 0 Å². The van der Waals surface area contributed by atoms with Crippen molar-refractivity contribution in [2.75, 3.05) is 22.6 Å². The lowest BCUT2D eigenvalue weighted by molar-refractivity contribution is -0.121. The zero-order valence-corrected chi connectivity index (χ0v) is 17.5. The first-order valence-corrected chi connectivity index (χ1v) is 10.6. The molecule has 30 heavy (non-hydrogen) atoms. The fraction of sp³-hybridized carbons (Fsp3) is 0.273. The van der Waals surface area contributed by atoms with Gasteiger partial charge in [0.25, 0.3) is 0 Å². The molecule has 0 bridgehead atoms. The molecular weight excluding hydrogens is 404 g/mol. The van der Waals surface area contributed by atoms with Gasteiger partial charge < -0.3 is 10.1 Å². The number of esters is 1. The molecule has 0 aliphatic carbocycles. The average Bonchev–Trinajstić information content (AvgIpc) is 3.01. The van der Waals surface area contributed by atoms with Crippen LogP contribution in [0.5, 0.6) is 0 Å². The molecule has 0 spiro atoms. The maximum absolute atomic E-state index is 12.7. The summed E-state index contributed by atoms with van der Waals surface area (Å²) in [6, 6.07) is 13.5. The highest BCUT2D eigenvalue weighted by molar-refractivity contribution is 8.01. The number of hydrogen-bond acceptors (Lipinski definition) is 6. The Balaban J connectivity index is 1.58. The maximum atomic E-state index is 12.7. The second kappa shape index (κ2) is 9.58. The Bertz CT molecular complexity index is 956. The number of hydrogen-bond donors (Lipinski definition) is 1. The van der Waals surface area contributed by atoms with Crippen LogP contribution in [0.3, 0.4) is 0 Å². The average molecular weight is 426 g/mol. The number of ether oxygens (including phenoxy) is 1. The molecule has 1 atom stereocenters. The van der Waals surface area contributed by atoms with Crippen LogP contribution in [0.4, 0.5) is 11.4 Å². The quantitative estimate of drug-likeness (QED) is 0.540. The van der Waals surface area contributed by atoms with Crippen molar-refractivity contribution in [1.82, 2.24) is 0 Å². The molecule has 1 fully saturated rings. The van der Waals surface area contributed by atoms with E-state index in [0.717, 1.165) is 22.2 Å². The van der Waals surface area contributed by atoms with Gasteiger partial charge in [-0.15, -0.1) is 11.8 Å². The van der Waals surface area contributed by atoms with Crippen LogP contribution in [0.15, 0.2) is 48.5 Å². The number of nitrogens with zero attached hydrogens (tertiary/aromatic N) is 1. The van der Waals surface area contributed by atoms with Crippen molar-refractivity contribution in [3.05, 3.63) is 59.7 Å². The van der Waals surface area contributed by atoms with E-state index in [0.29, 0.717) is 16.9 Å². The molecule has 1 heterocycles. The van der Waals surface area contributed by atoms with Crippen molar-refractivity contribution in [2.24, 2.45) is 0 Å². The van der Waals surface area contributed by atoms with E-state index < -0.39 is 11.2 Å². The molecule has 8 heteroatoms. The Labute approximate surface area is 178 Å². The first-order valence-electron chi connectivity index (χ1n) is 9.51. The molecule has 156 valence electrons. The molecule has 0 saturated carbocycles. The molecule has 1 aliphatic rings. The Morgan fingerprint density at radius 2 is 1.77 bits per heavy atom. The molecule has 1 saturated heterocycles. The summed E-state index contributed by atoms with van der Waals surface area (Å²) in [5, 5.41) is 2.16. The summed E-state index contributed by atoms with van der Waals surface area (Å²) < 4.78 is 4.93.